The second kappa shape index (κ2) is 4.96. The van der Waals surface area contributed by atoms with E-state index in [0.29, 0.717) is 5.92 Å². The van der Waals surface area contributed by atoms with E-state index in [1.165, 1.54) is 33.4 Å². The molecule has 1 atom stereocenters. The van der Waals surface area contributed by atoms with E-state index in [1.54, 1.807) is 5.57 Å². The lowest BCUT2D eigenvalue weighted by molar-refractivity contribution is 0.414. The van der Waals surface area contributed by atoms with E-state index < -0.39 is 0 Å². The van der Waals surface area contributed by atoms with E-state index in [1.807, 2.05) is 0 Å². The van der Waals surface area contributed by atoms with E-state index in [4.69, 9.17) is 0 Å². The third-order valence-electron chi connectivity index (χ3n) is 5.91. The molecule has 0 nitrogen and oxygen atoms in total. The van der Waals surface area contributed by atoms with Gasteiger partial charge in [-0.05, 0) is 70.6 Å². The maximum atomic E-state index is 2.41. The third kappa shape index (κ3) is 1.97. The second-order valence-electron chi connectivity index (χ2n) is 7.54. The summed E-state index contributed by atoms with van der Waals surface area (Å²) in [7, 11) is 0. The van der Waals surface area contributed by atoms with Crippen molar-refractivity contribution < 1.29 is 0 Å². The third-order valence-corrected chi connectivity index (χ3v) is 5.91. The molecule has 0 spiro atoms. The SMILES string of the molecule is Cc1ccccc1-c1ccc2c(c1C)C1=CC=CCC1C2(C)C. The van der Waals surface area contributed by atoms with Crippen LogP contribution in [0.5, 0.6) is 0 Å². The maximum Gasteiger partial charge on any atom is -0.00256 e. The van der Waals surface area contributed by atoms with Crippen molar-refractivity contribution in [1.82, 2.24) is 0 Å². The maximum absolute atomic E-state index is 2.41. The summed E-state index contributed by atoms with van der Waals surface area (Å²) in [5, 5.41) is 0. The number of rotatable bonds is 1. The van der Waals surface area contributed by atoms with Gasteiger partial charge in [0.25, 0.3) is 0 Å². The van der Waals surface area contributed by atoms with Crippen LogP contribution in [0.2, 0.25) is 0 Å². The lowest BCUT2D eigenvalue weighted by atomic mass is 9.75. The predicted octanol–water partition coefficient (Wildman–Crippen LogP) is 6.22. The summed E-state index contributed by atoms with van der Waals surface area (Å²) < 4.78 is 0. The molecular weight excluding hydrogens is 276 g/mol. The number of allylic oxidation sites excluding steroid dienone is 4. The first-order valence-electron chi connectivity index (χ1n) is 8.59. The highest BCUT2D eigenvalue weighted by atomic mass is 14.5. The van der Waals surface area contributed by atoms with Crippen LogP contribution in [0.15, 0.2) is 54.6 Å². The number of hydrogen-bond donors (Lipinski definition) is 0. The van der Waals surface area contributed by atoms with Crippen molar-refractivity contribution in [2.75, 3.05) is 0 Å². The molecule has 0 aromatic heterocycles. The van der Waals surface area contributed by atoms with Crippen molar-refractivity contribution in [1.29, 1.82) is 0 Å². The fraction of sp³-hybridized carbons (Fsp3) is 0.304. The summed E-state index contributed by atoms with van der Waals surface area (Å²) in [6.07, 6.45) is 8.05. The molecule has 0 bridgehead atoms. The van der Waals surface area contributed by atoms with Gasteiger partial charge in [-0.25, -0.2) is 0 Å². The van der Waals surface area contributed by atoms with Gasteiger partial charge in [-0.15, -0.1) is 0 Å². The van der Waals surface area contributed by atoms with E-state index in [0.717, 1.165) is 6.42 Å². The summed E-state index contributed by atoms with van der Waals surface area (Å²) in [5.41, 5.74) is 10.3. The zero-order valence-corrected chi connectivity index (χ0v) is 14.5. The Labute approximate surface area is 139 Å². The van der Waals surface area contributed by atoms with Crippen LogP contribution in [0, 0.1) is 19.8 Å². The quantitative estimate of drug-likeness (QED) is 0.586. The number of aryl methyl sites for hydroxylation is 1. The van der Waals surface area contributed by atoms with E-state index in [-0.39, 0.29) is 5.41 Å². The average molecular weight is 300 g/mol. The Morgan fingerprint density at radius 2 is 1.74 bits per heavy atom. The monoisotopic (exact) mass is 300 g/mol. The minimum absolute atomic E-state index is 0.223. The molecule has 0 heterocycles. The minimum atomic E-state index is 0.223. The van der Waals surface area contributed by atoms with Crippen LogP contribution in [-0.4, -0.2) is 0 Å². The van der Waals surface area contributed by atoms with Crippen LogP contribution in [0.4, 0.5) is 0 Å². The standard InChI is InChI=1S/C23H24/c1-15-9-5-6-10-17(15)18-13-14-21-22(16(18)2)19-11-7-8-12-20(19)23(21,3)4/h5-11,13-14,20H,12H2,1-4H3. The minimum Gasteiger partial charge on any atom is -0.0839 e. The molecule has 1 unspecified atom stereocenters. The van der Waals surface area contributed by atoms with Gasteiger partial charge in [0, 0.05) is 0 Å². The van der Waals surface area contributed by atoms with Gasteiger partial charge in [0.05, 0.1) is 0 Å². The van der Waals surface area contributed by atoms with Gasteiger partial charge in [0.2, 0.25) is 0 Å². The molecule has 116 valence electrons. The molecule has 2 aliphatic carbocycles. The van der Waals surface area contributed by atoms with Crippen molar-refractivity contribution in [3.63, 3.8) is 0 Å². The normalized spacial score (nSPS) is 20.9. The number of hydrogen-bond acceptors (Lipinski definition) is 0. The molecule has 2 aromatic rings. The van der Waals surface area contributed by atoms with Crippen LogP contribution in [-0.2, 0) is 5.41 Å². The molecule has 4 rings (SSSR count). The highest BCUT2D eigenvalue weighted by Gasteiger charge is 2.43. The van der Waals surface area contributed by atoms with Gasteiger partial charge in [-0.1, -0.05) is 68.5 Å². The first kappa shape index (κ1) is 14.5. The molecule has 0 N–H and O–H groups in total. The summed E-state index contributed by atoms with van der Waals surface area (Å²) >= 11 is 0. The molecule has 0 aliphatic heterocycles. The van der Waals surface area contributed by atoms with Gasteiger partial charge < -0.3 is 0 Å². The van der Waals surface area contributed by atoms with Crippen LogP contribution in [0.3, 0.4) is 0 Å². The van der Waals surface area contributed by atoms with Gasteiger partial charge in [0.15, 0.2) is 0 Å². The molecular formula is C23H24. The number of benzene rings is 2. The number of fused-ring (bicyclic) bond motifs is 3. The summed E-state index contributed by atoms with van der Waals surface area (Å²) in [5.74, 6) is 0.619. The lowest BCUT2D eigenvalue weighted by Crippen LogP contribution is -2.23. The van der Waals surface area contributed by atoms with Gasteiger partial charge in [-0.2, -0.15) is 0 Å². The van der Waals surface area contributed by atoms with E-state index in [9.17, 15) is 0 Å². The largest absolute Gasteiger partial charge is 0.0839 e. The van der Waals surface area contributed by atoms with Gasteiger partial charge in [-0.3, -0.25) is 0 Å². The lowest BCUT2D eigenvalue weighted by Gasteiger charge is -2.29. The summed E-state index contributed by atoms with van der Waals surface area (Å²) in [6.45, 7) is 9.32. The Morgan fingerprint density at radius 3 is 2.52 bits per heavy atom. The molecule has 0 amide bonds. The zero-order valence-electron chi connectivity index (χ0n) is 14.5. The van der Waals surface area contributed by atoms with Crippen LogP contribution >= 0.6 is 0 Å². The van der Waals surface area contributed by atoms with Crippen LogP contribution < -0.4 is 0 Å². The van der Waals surface area contributed by atoms with Crippen LogP contribution in [0.1, 0.15) is 42.5 Å². The second-order valence-corrected chi connectivity index (χ2v) is 7.54. The highest BCUT2D eigenvalue weighted by molar-refractivity contribution is 5.86. The fourth-order valence-corrected chi connectivity index (χ4v) is 4.55. The summed E-state index contributed by atoms with van der Waals surface area (Å²) in [4.78, 5) is 0. The Hall–Kier alpha value is -2.08. The fourth-order valence-electron chi connectivity index (χ4n) is 4.55. The Kier molecular flexibility index (Phi) is 3.13. The molecule has 0 heteroatoms. The van der Waals surface area contributed by atoms with E-state index in [2.05, 4.69) is 82.3 Å². The van der Waals surface area contributed by atoms with Crippen LogP contribution in [0.25, 0.3) is 16.7 Å². The molecule has 0 saturated carbocycles. The van der Waals surface area contributed by atoms with Crippen molar-refractivity contribution >= 4 is 5.57 Å². The topological polar surface area (TPSA) is 0 Å². The molecule has 2 aliphatic rings. The first-order valence-corrected chi connectivity index (χ1v) is 8.59. The average Bonchev–Trinajstić information content (AvgIpc) is 2.78. The zero-order chi connectivity index (χ0) is 16.2. The van der Waals surface area contributed by atoms with E-state index >= 15 is 0 Å². The Morgan fingerprint density at radius 1 is 0.957 bits per heavy atom. The van der Waals surface area contributed by atoms with Gasteiger partial charge in [0.1, 0.15) is 0 Å². The molecule has 2 aromatic carbocycles. The smallest absolute Gasteiger partial charge is 0.00256 e. The molecule has 0 radical (unpaired) electrons. The Balaban J connectivity index is 1.99. The Bertz CT molecular complexity index is 846. The van der Waals surface area contributed by atoms with Crippen molar-refractivity contribution in [3.05, 3.63) is 76.9 Å². The molecule has 0 fully saturated rings. The molecule has 23 heavy (non-hydrogen) atoms. The van der Waals surface area contributed by atoms with Crippen molar-refractivity contribution in [3.8, 4) is 11.1 Å². The molecule has 0 saturated heterocycles. The van der Waals surface area contributed by atoms with Gasteiger partial charge >= 0.3 is 0 Å². The summed E-state index contributed by atoms with van der Waals surface area (Å²) in [6, 6.07) is 13.4. The van der Waals surface area contributed by atoms with Crippen molar-refractivity contribution in [2.45, 2.75) is 39.5 Å². The highest BCUT2D eigenvalue weighted by Crippen LogP contribution is 2.54. The first-order chi connectivity index (χ1) is 11.0. The van der Waals surface area contributed by atoms with Crippen molar-refractivity contribution in [2.24, 2.45) is 5.92 Å². The predicted molar refractivity (Wildman–Crippen MR) is 99.6 cm³/mol.